The zero-order chi connectivity index (χ0) is 25.8. The van der Waals surface area contributed by atoms with Gasteiger partial charge in [-0.2, -0.15) is 0 Å². The lowest BCUT2D eigenvalue weighted by atomic mass is 10.0. The van der Waals surface area contributed by atoms with Gasteiger partial charge >= 0.3 is 0 Å². The first-order valence-corrected chi connectivity index (χ1v) is 13.9. The molecule has 5 heteroatoms. The highest BCUT2D eigenvalue weighted by atomic mass is 32.2. The monoisotopic (exact) mass is 502 g/mol. The molecule has 0 aliphatic rings. The van der Waals surface area contributed by atoms with Gasteiger partial charge in [0.1, 0.15) is 6.04 Å². The van der Waals surface area contributed by atoms with Crippen LogP contribution < -0.4 is 5.32 Å². The molecule has 3 aromatic carbocycles. The zero-order valence-electron chi connectivity index (χ0n) is 21.7. The van der Waals surface area contributed by atoms with Gasteiger partial charge in [-0.05, 0) is 37.0 Å². The Morgan fingerprint density at radius 1 is 0.861 bits per heavy atom. The van der Waals surface area contributed by atoms with Gasteiger partial charge in [0.05, 0.1) is 5.75 Å². The Bertz CT molecular complexity index is 1080. The Hall–Kier alpha value is -3.05. The molecule has 0 saturated carbocycles. The number of amides is 2. The topological polar surface area (TPSA) is 49.4 Å². The largest absolute Gasteiger partial charge is 0.354 e. The van der Waals surface area contributed by atoms with Crippen LogP contribution in [0.4, 0.5) is 0 Å². The molecule has 0 fully saturated rings. The smallest absolute Gasteiger partial charge is 0.243 e. The van der Waals surface area contributed by atoms with Gasteiger partial charge in [-0.25, -0.2) is 0 Å². The number of nitrogens with zero attached hydrogens (tertiary/aromatic N) is 1. The molecule has 0 radical (unpaired) electrons. The lowest BCUT2D eigenvalue weighted by Crippen LogP contribution is -2.51. The number of nitrogens with one attached hydrogen (secondary N) is 1. The van der Waals surface area contributed by atoms with Gasteiger partial charge < -0.3 is 10.2 Å². The van der Waals surface area contributed by atoms with E-state index in [4.69, 9.17) is 0 Å². The number of hydrogen-bond donors (Lipinski definition) is 1. The van der Waals surface area contributed by atoms with Crippen LogP contribution >= 0.6 is 11.8 Å². The summed E-state index contributed by atoms with van der Waals surface area (Å²) in [6, 6.07) is 25.8. The highest BCUT2D eigenvalue weighted by molar-refractivity contribution is 7.99. The van der Waals surface area contributed by atoms with Crippen LogP contribution in [0, 0.1) is 13.8 Å². The van der Waals surface area contributed by atoms with Crippen molar-refractivity contribution in [2.75, 3.05) is 12.3 Å². The first-order chi connectivity index (χ1) is 17.5. The van der Waals surface area contributed by atoms with Gasteiger partial charge in [-0.3, -0.25) is 9.59 Å². The fraction of sp³-hybridized carbons (Fsp3) is 0.355. The summed E-state index contributed by atoms with van der Waals surface area (Å²) in [5.74, 6) is 0.989. The van der Waals surface area contributed by atoms with Gasteiger partial charge in [0.15, 0.2) is 0 Å². The molecular weight excluding hydrogens is 464 g/mol. The molecule has 4 nitrogen and oxygen atoms in total. The van der Waals surface area contributed by atoms with Crippen molar-refractivity contribution in [3.05, 3.63) is 107 Å². The van der Waals surface area contributed by atoms with Crippen molar-refractivity contribution in [3.63, 3.8) is 0 Å². The Morgan fingerprint density at radius 2 is 1.47 bits per heavy atom. The maximum Gasteiger partial charge on any atom is 0.243 e. The number of aryl methyl sites for hydroxylation is 2. The maximum atomic E-state index is 13.7. The van der Waals surface area contributed by atoms with Gasteiger partial charge in [0.2, 0.25) is 11.8 Å². The molecule has 190 valence electrons. The standard InChI is InChI=1S/C31H38N2O2S/c1-4-5-16-32-31(35)29(20-26-12-8-6-9-13-26)33(21-27-14-10-7-11-15-27)30(34)23-36-22-28-18-24(2)17-25(3)19-28/h6-15,17-19,29H,4-5,16,20-23H2,1-3H3,(H,32,35). The Balaban J connectivity index is 1.80. The molecule has 0 bridgehead atoms. The minimum Gasteiger partial charge on any atom is -0.354 e. The molecule has 1 unspecified atom stereocenters. The SMILES string of the molecule is CCCCNC(=O)C(Cc1ccccc1)N(Cc1ccccc1)C(=O)CSCc1cc(C)cc(C)c1. The Morgan fingerprint density at radius 3 is 2.08 bits per heavy atom. The van der Waals surface area contributed by atoms with E-state index < -0.39 is 6.04 Å². The summed E-state index contributed by atoms with van der Waals surface area (Å²) in [5.41, 5.74) is 5.74. The number of hydrogen-bond acceptors (Lipinski definition) is 3. The molecule has 0 saturated heterocycles. The summed E-state index contributed by atoms with van der Waals surface area (Å²) in [5, 5.41) is 3.08. The molecule has 0 aliphatic heterocycles. The molecule has 0 aromatic heterocycles. The van der Waals surface area contributed by atoms with E-state index in [1.165, 1.54) is 16.7 Å². The third-order valence-electron chi connectivity index (χ3n) is 6.07. The number of benzene rings is 3. The average molecular weight is 503 g/mol. The van der Waals surface area contributed by atoms with Crippen LogP contribution in [0.3, 0.4) is 0 Å². The van der Waals surface area contributed by atoms with Gasteiger partial charge in [-0.1, -0.05) is 103 Å². The predicted octanol–water partition coefficient (Wildman–Crippen LogP) is 6.09. The fourth-order valence-electron chi connectivity index (χ4n) is 4.33. The second kappa shape index (κ2) is 14.5. The summed E-state index contributed by atoms with van der Waals surface area (Å²) < 4.78 is 0. The van der Waals surface area contributed by atoms with Gasteiger partial charge in [-0.15, -0.1) is 11.8 Å². The van der Waals surface area contributed by atoms with Crippen molar-refractivity contribution >= 4 is 23.6 Å². The minimum absolute atomic E-state index is 0.0141. The molecule has 2 amide bonds. The number of thioether (sulfide) groups is 1. The van der Waals surface area contributed by atoms with E-state index in [-0.39, 0.29) is 11.8 Å². The molecule has 3 rings (SSSR count). The van der Waals surface area contributed by atoms with Gasteiger partial charge in [0, 0.05) is 25.3 Å². The van der Waals surface area contributed by atoms with Crippen molar-refractivity contribution in [1.29, 1.82) is 0 Å². The van der Waals surface area contributed by atoms with Crippen LogP contribution in [-0.4, -0.2) is 35.1 Å². The normalized spacial score (nSPS) is 11.6. The second-order valence-electron chi connectivity index (χ2n) is 9.35. The quantitative estimate of drug-likeness (QED) is 0.288. The summed E-state index contributed by atoms with van der Waals surface area (Å²) in [7, 11) is 0. The van der Waals surface area contributed by atoms with E-state index in [2.05, 4.69) is 44.3 Å². The summed E-state index contributed by atoms with van der Waals surface area (Å²) in [6.45, 7) is 7.32. The molecule has 1 N–H and O–H groups in total. The summed E-state index contributed by atoms with van der Waals surface area (Å²) in [6.07, 6.45) is 2.41. The number of carbonyl (C=O) groups is 2. The van der Waals surface area contributed by atoms with E-state index in [0.29, 0.717) is 25.3 Å². The van der Waals surface area contributed by atoms with E-state index in [9.17, 15) is 9.59 Å². The predicted molar refractivity (Wildman–Crippen MR) is 151 cm³/mol. The number of rotatable bonds is 13. The second-order valence-corrected chi connectivity index (χ2v) is 10.3. The molecule has 0 heterocycles. The molecule has 36 heavy (non-hydrogen) atoms. The Kier molecular flexibility index (Phi) is 11.1. The van der Waals surface area contributed by atoms with Crippen molar-refractivity contribution in [3.8, 4) is 0 Å². The van der Waals surface area contributed by atoms with E-state index in [0.717, 1.165) is 29.7 Å². The van der Waals surface area contributed by atoms with Crippen LogP contribution in [0.25, 0.3) is 0 Å². The fourth-order valence-corrected chi connectivity index (χ4v) is 5.18. The third kappa shape index (κ3) is 8.87. The first-order valence-electron chi connectivity index (χ1n) is 12.8. The molecule has 3 aromatic rings. The maximum absolute atomic E-state index is 13.7. The minimum atomic E-state index is -0.571. The number of unbranched alkanes of at least 4 members (excludes halogenated alkanes) is 1. The lowest BCUT2D eigenvalue weighted by Gasteiger charge is -2.31. The van der Waals surface area contributed by atoms with Crippen LogP contribution in [0.2, 0.25) is 0 Å². The molecule has 0 aliphatic carbocycles. The van der Waals surface area contributed by atoms with Crippen molar-refractivity contribution in [2.45, 2.75) is 58.4 Å². The highest BCUT2D eigenvalue weighted by Gasteiger charge is 2.30. The molecular formula is C31H38N2O2S. The van der Waals surface area contributed by atoms with Crippen molar-refractivity contribution < 1.29 is 9.59 Å². The third-order valence-corrected chi connectivity index (χ3v) is 7.06. The van der Waals surface area contributed by atoms with E-state index in [1.807, 2.05) is 60.7 Å². The summed E-state index contributed by atoms with van der Waals surface area (Å²) >= 11 is 1.60. The van der Waals surface area contributed by atoms with Crippen molar-refractivity contribution in [2.24, 2.45) is 0 Å². The van der Waals surface area contributed by atoms with E-state index in [1.54, 1.807) is 16.7 Å². The Labute approximate surface area is 220 Å². The highest BCUT2D eigenvalue weighted by Crippen LogP contribution is 2.20. The first kappa shape index (κ1) is 27.5. The molecule has 1 atom stereocenters. The molecule has 0 spiro atoms. The number of carbonyl (C=O) groups excluding carboxylic acids is 2. The van der Waals surface area contributed by atoms with Crippen molar-refractivity contribution in [1.82, 2.24) is 10.2 Å². The average Bonchev–Trinajstić information content (AvgIpc) is 2.87. The van der Waals surface area contributed by atoms with Crippen LogP contribution in [0.15, 0.2) is 78.9 Å². The summed E-state index contributed by atoms with van der Waals surface area (Å²) in [4.78, 5) is 28.9. The lowest BCUT2D eigenvalue weighted by molar-refractivity contribution is -0.139. The zero-order valence-corrected chi connectivity index (χ0v) is 22.5. The van der Waals surface area contributed by atoms with Gasteiger partial charge in [0.25, 0.3) is 0 Å². The van der Waals surface area contributed by atoms with Crippen LogP contribution in [0.5, 0.6) is 0 Å². The van der Waals surface area contributed by atoms with E-state index >= 15 is 0 Å². The van der Waals surface area contributed by atoms with Crippen LogP contribution in [-0.2, 0) is 28.3 Å². The van der Waals surface area contributed by atoms with Crippen LogP contribution in [0.1, 0.15) is 47.6 Å².